The first-order chi connectivity index (χ1) is 6.16. The van der Waals surface area contributed by atoms with Gasteiger partial charge in [0.15, 0.2) is 5.78 Å². The van der Waals surface area contributed by atoms with E-state index in [1.54, 1.807) is 12.1 Å². The summed E-state index contributed by atoms with van der Waals surface area (Å²) in [5, 5.41) is 0.547. The first-order valence-corrected chi connectivity index (χ1v) is 4.46. The van der Waals surface area contributed by atoms with Gasteiger partial charge in [-0.15, -0.1) is 0 Å². The van der Waals surface area contributed by atoms with Crippen molar-refractivity contribution in [2.24, 2.45) is 0 Å². The molecular weight excluding hydrogens is 184 g/mol. The zero-order valence-electron chi connectivity index (χ0n) is 7.67. The van der Waals surface area contributed by atoms with E-state index in [0.717, 1.165) is 5.56 Å². The van der Waals surface area contributed by atoms with Gasteiger partial charge in [0.1, 0.15) is 0 Å². The van der Waals surface area contributed by atoms with Gasteiger partial charge < -0.3 is 0 Å². The van der Waals surface area contributed by atoms with E-state index < -0.39 is 0 Å². The molecule has 0 aliphatic carbocycles. The Kier molecular flexibility index (Phi) is 3.26. The van der Waals surface area contributed by atoms with E-state index in [-0.39, 0.29) is 5.78 Å². The van der Waals surface area contributed by atoms with Crippen molar-refractivity contribution in [3.05, 3.63) is 46.5 Å². The van der Waals surface area contributed by atoms with Gasteiger partial charge in [0.25, 0.3) is 0 Å². The summed E-state index contributed by atoms with van der Waals surface area (Å²) in [5.41, 5.74) is 1.50. The van der Waals surface area contributed by atoms with Crippen molar-refractivity contribution in [1.82, 2.24) is 0 Å². The highest BCUT2D eigenvalue weighted by molar-refractivity contribution is 6.35. The number of allylic oxidation sites excluding steroid dienone is 2. The third-order valence-corrected chi connectivity index (χ3v) is 2.28. The number of ketones is 1. The van der Waals surface area contributed by atoms with Crippen molar-refractivity contribution in [1.29, 1.82) is 0 Å². The highest BCUT2D eigenvalue weighted by Gasteiger charge is 2.07. The van der Waals surface area contributed by atoms with Crippen LogP contribution in [0.2, 0.25) is 5.02 Å². The predicted octanol–water partition coefficient (Wildman–Crippen LogP) is 3.41. The molecule has 1 aromatic rings. The van der Waals surface area contributed by atoms with Crippen LogP contribution < -0.4 is 0 Å². The second-order valence-electron chi connectivity index (χ2n) is 2.80. The Morgan fingerprint density at radius 1 is 1.46 bits per heavy atom. The van der Waals surface area contributed by atoms with E-state index >= 15 is 0 Å². The minimum Gasteiger partial charge on any atom is -0.289 e. The van der Waals surface area contributed by atoms with Gasteiger partial charge in [-0.2, -0.15) is 0 Å². The average Bonchev–Trinajstić information content (AvgIpc) is 2.10. The average molecular weight is 195 g/mol. The zero-order valence-corrected chi connectivity index (χ0v) is 8.43. The third-order valence-electron chi connectivity index (χ3n) is 1.78. The van der Waals surface area contributed by atoms with Crippen LogP contribution in [-0.4, -0.2) is 5.78 Å². The largest absolute Gasteiger partial charge is 0.289 e. The standard InChI is InChI=1S/C11H11ClO/c1-3-5-10(13)9-7-4-6-8(2)11(9)12/h3-7H,1-2H3/b5-3+. The fourth-order valence-electron chi connectivity index (χ4n) is 1.08. The normalized spacial score (nSPS) is 10.7. The molecule has 1 nitrogen and oxygen atoms in total. The summed E-state index contributed by atoms with van der Waals surface area (Å²) in [6.45, 7) is 3.69. The van der Waals surface area contributed by atoms with Gasteiger partial charge >= 0.3 is 0 Å². The molecule has 0 unspecified atom stereocenters. The Labute approximate surface area is 83.0 Å². The van der Waals surface area contributed by atoms with Crippen LogP contribution in [0.4, 0.5) is 0 Å². The monoisotopic (exact) mass is 194 g/mol. The number of hydrogen-bond acceptors (Lipinski definition) is 1. The second kappa shape index (κ2) is 4.24. The SMILES string of the molecule is C/C=C/C(=O)c1cccc(C)c1Cl. The third kappa shape index (κ3) is 2.19. The van der Waals surface area contributed by atoms with Crippen LogP contribution in [-0.2, 0) is 0 Å². The van der Waals surface area contributed by atoms with Crippen LogP contribution in [0.1, 0.15) is 22.8 Å². The second-order valence-corrected chi connectivity index (χ2v) is 3.18. The van der Waals surface area contributed by atoms with E-state index in [2.05, 4.69) is 0 Å². The molecule has 0 aliphatic heterocycles. The number of aryl methyl sites for hydroxylation is 1. The number of carbonyl (C=O) groups excluding carboxylic acids is 1. The minimum atomic E-state index is -0.0452. The van der Waals surface area contributed by atoms with Gasteiger partial charge in [-0.05, 0) is 31.6 Å². The number of hydrogen-bond donors (Lipinski definition) is 0. The molecule has 0 bridgehead atoms. The van der Waals surface area contributed by atoms with E-state index in [1.807, 2.05) is 26.0 Å². The summed E-state index contributed by atoms with van der Waals surface area (Å²) in [5.74, 6) is -0.0452. The molecule has 1 rings (SSSR count). The molecule has 0 saturated carbocycles. The molecule has 1 aromatic carbocycles. The van der Waals surface area contributed by atoms with Crippen LogP contribution >= 0.6 is 11.6 Å². The van der Waals surface area contributed by atoms with Crippen molar-refractivity contribution in [3.8, 4) is 0 Å². The lowest BCUT2D eigenvalue weighted by atomic mass is 10.1. The fraction of sp³-hybridized carbons (Fsp3) is 0.182. The maximum atomic E-state index is 11.4. The van der Waals surface area contributed by atoms with Crippen molar-refractivity contribution in [2.45, 2.75) is 13.8 Å². The van der Waals surface area contributed by atoms with Gasteiger partial charge in [-0.3, -0.25) is 4.79 Å². The lowest BCUT2D eigenvalue weighted by molar-refractivity contribution is 0.104. The van der Waals surface area contributed by atoms with E-state index in [4.69, 9.17) is 11.6 Å². The smallest absolute Gasteiger partial charge is 0.187 e. The molecule has 0 radical (unpaired) electrons. The molecule has 68 valence electrons. The number of benzene rings is 1. The lowest BCUT2D eigenvalue weighted by Gasteiger charge is -2.02. The van der Waals surface area contributed by atoms with Crippen LogP contribution in [0, 0.1) is 6.92 Å². The quantitative estimate of drug-likeness (QED) is 0.521. The van der Waals surface area contributed by atoms with Crippen molar-refractivity contribution in [3.63, 3.8) is 0 Å². The zero-order chi connectivity index (χ0) is 9.84. The van der Waals surface area contributed by atoms with Crippen LogP contribution in [0.5, 0.6) is 0 Å². The van der Waals surface area contributed by atoms with Crippen molar-refractivity contribution in [2.75, 3.05) is 0 Å². The predicted molar refractivity (Wildman–Crippen MR) is 55.3 cm³/mol. The first-order valence-electron chi connectivity index (χ1n) is 4.09. The van der Waals surface area contributed by atoms with Gasteiger partial charge in [-0.25, -0.2) is 0 Å². The van der Waals surface area contributed by atoms with E-state index in [1.165, 1.54) is 6.08 Å². The molecule has 2 heteroatoms. The summed E-state index contributed by atoms with van der Waals surface area (Å²) in [6, 6.07) is 5.45. The van der Waals surface area contributed by atoms with Crippen molar-refractivity contribution >= 4 is 17.4 Å². The van der Waals surface area contributed by atoms with Crippen LogP contribution in [0.15, 0.2) is 30.4 Å². The Morgan fingerprint density at radius 3 is 2.77 bits per heavy atom. The molecule has 0 atom stereocenters. The summed E-state index contributed by atoms with van der Waals surface area (Å²) in [6.07, 6.45) is 3.22. The molecule has 0 heterocycles. The molecule has 0 spiro atoms. The molecule has 0 aliphatic rings. The van der Waals surface area contributed by atoms with Crippen LogP contribution in [0.3, 0.4) is 0 Å². The summed E-state index contributed by atoms with van der Waals surface area (Å²) in [7, 11) is 0. The summed E-state index contributed by atoms with van der Waals surface area (Å²) < 4.78 is 0. The van der Waals surface area contributed by atoms with E-state index in [9.17, 15) is 4.79 Å². The van der Waals surface area contributed by atoms with Crippen molar-refractivity contribution < 1.29 is 4.79 Å². The molecule has 0 N–H and O–H groups in total. The summed E-state index contributed by atoms with van der Waals surface area (Å²) >= 11 is 5.97. The minimum absolute atomic E-state index is 0.0452. The highest BCUT2D eigenvalue weighted by Crippen LogP contribution is 2.20. The topological polar surface area (TPSA) is 17.1 Å². The van der Waals surface area contributed by atoms with Gasteiger partial charge in [0.2, 0.25) is 0 Å². The molecule has 0 amide bonds. The molecule has 13 heavy (non-hydrogen) atoms. The molecule has 0 fully saturated rings. The fourth-order valence-corrected chi connectivity index (χ4v) is 1.30. The molecule has 0 saturated heterocycles. The Morgan fingerprint density at radius 2 is 2.15 bits per heavy atom. The van der Waals surface area contributed by atoms with E-state index in [0.29, 0.717) is 10.6 Å². The summed E-state index contributed by atoms with van der Waals surface area (Å²) in [4.78, 5) is 11.4. The Hall–Kier alpha value is -1.08. The number of rotatable bonds is 2. The molecule has 0 aromatic heterocycles. The Bertz CT molecular complexity index is 353. The van der Waals surface area contributed by atoms with Gasteiger partial charge in [-0.1, -0.05) is 29.8 Å². The first kappa shape index (κ1) is 10.0. The lowest BCUT2D eigenvalue weighted by Crippen LogP contribution is -1.96. The molecular formula is C11H11ClO. The Balaban J connectivity index is 3.15. The maximum Gasteiger partial charge on any atom is 0.187 e. The van der Waals surface area contributed by atoms with Crippen LogP contribution in [0.25, 0.3) is 0 Å². The van der Waals surface area contributed by atoms with Gasteiger partial charge in [0, 0.05) is 5.56 Å². The number of carbonyl (C=O) groups is 1. The van der Waals surface area contributed by atoms with Gasteiger partial charge in [0.05, 0.1) is 5.02 Å². The maximum absolute atomic E-state index is 11.4. The number of halogens is 1. The highest BCUT2D eigenvalue weighted by atomic mass is 35.5.